The number of rotatable bonds is 4. The lowest BCUT2D eigenvalue weighted by Gasteiger charge is -2.18. The molecule has 2 aromatic rings. The van der Waals surface area contributed by atoms with E-state index in [1.165, 1.54) is 6.07 Å². The Kier molecular flexibility index (Phi) is 4.03. The van der Waals surface area contributed by atoms with Crippen molar-refractivity contribution in [3.63, 3.8) is 0 Å². The predicted octanol–water partition coefficient (Wildman–Crippen LogP) is 2.80. The summed E-state index contributed by atoms with van der Waals surface area (Å²) in [7, 11) is 0. The quantitative estimate of drug-likeness (QED) is 0.930. The third-order valence-electron chi connectivity index (χ3n) is 3.34. The van der Waals surface area contributed by atoms with Gasteiger partial charge in [-0.2, -0.15) is 0 Å². The minimum atomic E-state index is -1.18. The van der Waals surface area contributed by atoms with Gasteiger partial charge >= 0.3 is 5.97 Å². The Morgan fingerprint density at radius 3 is 2.35 bits per heavy atom. The molecular weight excluding hydrogens is 254 g/mol. The van der Waals surface area contributed by atoms with Crippen LogP contribution in [0.1, 0.15) is 29.9 Å². The van der Waals surface area contributed by atoms with Crippen LogP contribution in [0.3, 0.4) is 0 Å². The molecular formula is C16H17NO3. The summed E-state index contributed by atoms with van der Waals surface area (Å²) in [6.45, 7) is 4.52. The minimum absolute atomic E-state index is 0.157. The molecule has 1 heterocycles. The van der Waals surface area contributed by atoms with Gasteiger partial charge in [-0.1, -0.05) is 37.3 Å². The van der Waals surface area contributed by atoms with Crippen LogP contribution < -0.4 is 5.43 Å². The molecule has 0 fully saturated rings. The predicted molar refractivity (Wildman–Crippen MR) is 78.1 cm³/mol. The molecule has 1 aromatic heterocycles. The lowest BCUT2D eigenvalue weighted by atomic mass is 10.0. The van der Waals surface area contributed by atoms with E-state index >= 15 is 0 Å². The summed E-state index contributed by atoms with van der Waals surface area (Å²) in [6.07, 6.45) is 0.683. The summed E-state index contributed by atoms with van der Waals surface area (Å²) in [5.41, 5.74) is 1.50. The van der Waals surface area contributed by atoms with Crippen molar-refractivity contribution in [1.82, 2.24) is 4.57 Å². The Morgan fingerprint density at radius 1 is 1.20 bits per heavy atom. The monoisotopic (exact) mass is 271 g/mol. The van der Waals surface area contributed by atoms with Crippen molar-refractivity contribution in [3.05, 3.63) is 57.9 Å². The van der Waals surface area contributed by atoms with Gasteiger partial charge in [-0.05, 0) is 18.9 Å². The van der Waals surface area contributed by atoms with E-state index in [9.17, 15) is 14.7 Å². The number of nitrogens with zero attached hydrogens (tertiary/aromatic N) is 1. The highest BCUT2D eigenvalue weighted by Gasteiger charge is 2.20. The first-order chi connectivity index (χ1) is 9.60. The molecule has 0 atom stereocenters. The first-order valence-electron chi connectivity index (χ1n) is 6.65. The zero-order chi connectivity index (χ0) is 14.7. The highest BCUT2D eigenvalue weighted by Crippen LogP contribution is 2.23. The smallest absolute Gasteiger partial charge is 0.341 e. The van der Waals surface area contributed by atoms with E-state index in [0.29, 0.717) is 18.7 Å². The van der Waals surface area contributed by atoms with Crippen molar-refractivity contribution in [3.8, 4) is 11.3 Å². The standard InChI is InChI=1S/C16H17NO3/c1-3-12-10-13(18)14(16(19)20)15(17(12)4-2)11-8-6-5-7-9-11/h5-10H,3-4H2,1-2H3,(H,19,20). The van der Waals surface area contributed by atoms with Gasteiger partial charge < -0.3 is 9.67 Å². The third-order valence-corrected chi connectivity index (χ3v) is 3.34. The van der Waals surface area contributed by atoms with Gasteiger partial charge in [-0.15, -0.1) is 0 Å². The topological polar surface area (TPSA) is 59.3 Å². The molecule has 2 rings (SSSR count). The maximum absolute atomic E-state index is 12.1. The van der Waals surface area contributed by atoms with Crippen molar-refractivity contribution in [2.24, 2.45) is 0 Å². The number of hydrogen-bond acceptors (Lipinski definition) is 2. The molecule has 0 aliphatic rings. The van der Waals surface area contributed by atoms with E-state index in [0.717, 1.165) is 11.3 Å². The number of carboxylic acids is 1. The zero-order valence-corrected chi connectivity index (χ0v) is 11.6. The van der Waals surface area contributed by atoms with Gasteiger partial charge in [0.1, 0.15) is 5.56 Å². The molecule has 0 amide bonds. The fraction of sp³-hybridized carbons (Fsp3) is 0.250. The van der Waals surface area contributed by atoms with Crippen LogP contribution in [0, 0.1) is 0 Å². The zero-order valence-electron chi connectivity index (χ0n) is 11.6. The van der Waals surface area contributed by atoms with Gasteiger partial charge in [0.15, 0.2) is 5.43 Å². The van der Waals surface area contributed by atoms with Crippen LogP contribution >= 0.6 is 0 Å². The fourth-order valence-electron chi connectivity index (χ4n) is 2.45. The van der Waals surface area contributed by atoms with E-state index in [2.05, 4.69) is 0 Å². The lowest BCUT2D eigenvalue weighted by Crippen LogP contribution is -2.23. The highest BCUT2D eigenvalue weighted by molar-refractivity contribution is 5.94. The molecule has 0 aliphatic heterocycles. The lowest BCUT2D eigenvalue weighted by molar-refractivity contribution is 0.0695. The summed E-state index contributed by atoms with van der Waals surface area (Å²) in [5, 5.41) is 9.38. The van der Waals surface area contributed by atoms with Gasteiger partial charge in [0.05, 0.1) is 5.69 Å². The van der Waals surface area contributed by atoms with Crippen molar-refractivity contribution < 1.29 is 9.90 Å². The van der Waals surface area contributed by atoms with Gasteiger partial charge in [0.25, 0.3) is 0 Å². The second kappa shape index (κ2) is 5.74. The van der Waals surface area contributed by atoms with Crippen LogP contribution in [-0.4, -0.2) is 15.6 Å². The molecule has 0 radical (unpaired) electrons. The number of pyridine rings is 1. The van der Waals surface area contributed by atoms with Crippen LogP contribution in [0.5, 0.6) is 0 Å². The second-order valence-electron chi connectivity index (χ2n) is 4.49. The number of aryl methyl sites for hydroxylation is 1. The van der Waals surface area contributed by atoms with E-state index in [1.807, 2.05) is 48.7 Å². The summed E-state index contributed by atoms with van der Waals surface area (Å²) in [5.74, 6) is -1.18. The molecule has 0 spiro atoms. The summed E-state index contributed by atoms with van der Waals surface area (Å²) < 4.78 is 1.90. The Hall–Kier alpha value is -2.36. The summed E-state index contributed by atoms with van der Waals surface area (Å²) >= 11 is 0. The van der Waals surface area contributed by atoms with E-state index < -0.39 is 11.4 Å². The molecule has 0 bridgehead atoms. The van der Waals surface area contributed by atoms with Crippen molar-refractivity contribution >= 4 is 5.97 Å². The number of carbonyl (C=O) groups is 1. The summed E-state index contributed by atoms with van der Waals surface area (Å²) in [6, 6.07) is 10.6. The molecule has 0 saturated carbocycles. The molecule has 0 aliphatic carbocycles. The van der Waals surface area contributed by atoms with Gasteiger partial charge in [0, 0.05) is 18.3 Å². The second-order valence-corrected chi connectivity index (χ2v) is 4.49. The normalized spacial score (nSPS) is 10.5. The third kappa shape index (κ3) is 2.37. The molecule has 1 N–H and O–H groups in total. The maximum atomic E-state index is 12.1. The summed E-state index contributed by atoms with van der Waals surface area (Å²) in [4.78, 5) is 23.6. The first-order valence-corrected chi connectivity index (χ1v) is 6.65. The first kappa shape index (κ1) is 14.1. The largest absolute Gasteiger partial charge is 0.477 e. The van der Waals surface area contributed by atoms with Crippen LogP contribution in [-0.2, 0) is 13.0 Å². The Bertz CT molecular complexity index is 687. The number of aromatic nitrogens is 1. The molecule has 1 aromatic carbocycles. The van der Waals surface area contributed by atoms with Crippen molar-refractivity contribution in [1.29, 1.82) is 0 Å². The maximum Gasteiger partial charge on any atom is 0.341 e. The minimum Gasteiger partial charge on any atom is -0.477 e. The van der Waals surface area contributed by atoms with Crippen molar-refractivity contribution in [2.45, 2.75) is 26.8 Å². The number of aromatic carboxylic acids is 1. The number of hydrogen-bond donors (Lipinski definition) is 1. The van der Waals surface area contributed by atoms with E-state index in [4.69, 9.17) is 0 Å². The molecule has 104 valence electrons. The number of carboxylic acid groups (broad SMARTS) is 1. The number of benzene rings is 1. The Balaban J connectivity index is 2.90. The Morgan fingerprint density at radius 2 is 1.85 bits per heavy atom. The molecule has 0 saturated heterocycles. The molecule has 4 heteroatoms. The SMILES string of the molecule is CCc1cc(=O)c(C(=O)O)c(-c2ccccc2)n1CC. The van der Waals surface area contributed by atoms with Crippen LogP contribution in [0.2, 0.25) is 0 Å². The highest BCUT2D eigenvalue weighted by atomic mass is 16.4. The molecule has 20 heavy (non-hydrogen) atoms. The van der Waals surface area contributed by atoms with Crippen molar-refractivity contribution in [2.75, 3.05) is 0 Å². The van der Waals surface area contributed by atoms with Crippen LogP contribution in [0.4, 0.5) is 0 Å². The molecule has 4 nitrogen and oxygen atoms in total. The van der Waals surface area contributed by atoms with Gasteiger partial charge in [-0.3, -0.25) is 4.79 Å². The Labute approximate surface area is 117 Å². The molecule has 0 unspecified atom stereocenters. The average molecular weight is 271 g/mol. The fourth-order valence-corrected chi connectivity index (χ4v) is 2.45. The average Bonchev–Trinajstić information content (AvgIpc) is 2.46. The van der Waals surface area contributed by atoms with E-state index in [-0.39, 0.29) is 5.56 Å². The van der Waals surface area contributed by atoms with Gasteiger partial charge in [0.2, 0.25) is 0 Å². The van der Waals surface area contributed by atoms with Crippen LogP contribution in [0.15, 0.2) is 41.2 Å². The van der Waals surface area contributed by atoms with Gasteiger partial charge in [-0.25, -0.2) is 4.79 Å². The van der Waals surface area contributed by atoms with E-state index in [1.54, 1.807) is 0 Å². The van der Waals surface area contributed by atoms with Crippen LogP contribution in [0.25, 0.3) is 11.3 Å².